The molecule has 3 heteroatoms. The average molecular weight is 231 g/mol. The van der Waals surface area contributed by atoms with Gasteiger partial charge in [-0.15, -0.1) is 0 Å². The fourth-order valence-electron chi connectivity index (χ4n) is 2.00. The summed E-state index contributed by atoms with van der Waals surface area (Å²) in [7, 11) is 0. The first-order chi connectivity index (χ1) is 7.24. The number of rotatable bonds is 6. The van der Waals surface area contributed by atoms with E-state index in [1.807, 2.05) is 11.8 Å². The molecule has 2 atom stereocenters. The van der Waals surface area contributed by atoms with Crippen LogP contribution in [0, 0.1) is 5.92 Å². The van der Waals surface area contributed by atoms with Gasteiger partial charge in [0.05, 0.1) is 6.10 Å². The molecular weight excluding hydrogens is 206 g/mol. The number of hydrogen-bond acceptors (Lipinski definition) is 3. The lowest BCUT2D eigenvalue weighted by Gasteiger charge is -2.32. The maximum Gasteiger partial charge on any atom is 0.0612 e. The molecule has 0 bridgehead atoms. The molecule has 1 aliphatic rings. The van der Waals surface area contributed by atoms with Gasteiger partial charge in [-0.2, -0.15) is 11.8 Å². The van der Waals surface area contributed by atoms with Crippen LogP contribution in [0.2, 0.25) is 0 Å². The third kappa shape index (κ3) is 5.23. The predicted octanol–water partition coefficient (Wildman–Crippen LogP) is 2.53. The van der Waals surface area contributed by atoms with Gasteiger partial charge in [-0.3, -0.25) is 0 Å². The summed E-state index contributed by atoms with van der Waals surface area (Å²) in [6.07, 6.45) is 6.30. The van der Waals surface area contributed by atoms with Crippen LogP contribution in [0.25, 0.3) is 0 Å². The molecule has 1 N–H and O–H groups in total. The van der Waals surface area contributed by atoms with Gasteiger partial charge < -0.3 is 10.1 Å². The van der Waals surface area contributed by atoms with Crippen LogP contribution in [0.15, 0.2) is 0 Å². The molecule has 1 heterocycles. The van der Waals surface area contributed by atoms with Crippen molar-refractivity contribution in [3.8, 4) is 0 Å². The Labute approximate surface area is 98.5 Å². The lowest BCUT2D eigenvalue weighted by Crippen LogP contribution is -2.41. The van der Waals surface area contributed by atoms with E-state index in [1.54, 1.807) is 0 Å². The van der Waals surface area contributed by atoms with Crippen molar-refractivity contribution < 1.29 is 4.74 Å². The molecule has 0 amide bonds. The summed E-state index contributed by atoms with van der Waals surface area (Å²) in [4.78, 5) is 0. The normalized spacial score (nSPS) is 27.2. The summed E-state index contributed by atoms with van der Waals surface area (Å²) < 4.78 is 5.75. The van der Waals surface area contributed by atoms with Crippen molar-refractivity contribution in [1.82, 2.24) is 5.32 Å². The minimum atomic E-state index is 0.469. The SMILES string of the molecule is CSCCCNC1CCOC(C(C)C)C1. The molecule has 0 spiro atoms. The second-order valence-corrected chi connectivity index (χ2v) is 5.66. The Bertz CT molecular complexity index is 164. The highest BCUT2D eigenvalue weighted by molar-refractivity contribution is 7.98. The summed E-state index contributed by atoms with van der Waals surface area (Å²) in [6, 6.07) is 0.688. The molecule has 15 heavy (non-hydrogen) atoms. The highest BCUT2D eigenvalue weighted by Gasteiger charge is 2.24. The summed E-state index contributed by atoms with van der Waals surface area (Å²) in [5, 5.41) is 3.65. The van der Waals surface area contributed by atoms with Gasteiger partial charge in [-0.1, -0.05) is 13.8 Å². The maximum absolute atomic E-state index is 5.75. The third-order valence-corrected chi connectivity index (χ3v) is 3.71. The van der Waals surface area contributed by atoms with Crippen LogP contribution in [0.1, 0.15) is 33.1 Å². The van der Waals surface area contributed by atoms with Crippen LogP contribution in [0.3, 0.4) is 0 Å². The first-order valence-corrected chi connectivity index (χ1v) is 7.47. The van der Waals surface area contributed by atoms with Crippen LogP contribution in [-0.2, 0) is 4.74 Å². The van der Waals surface area contributed by atoms with Gasteiger partial charge in [-0.05, 0) is 43.7 Å². The summed E-state index contributed by atoms with van der Waals surface area (Å²) >= 11 is 1.93. The van der Waals surface area contributed by atoms with Crippen molar-refractivity contribution in [2.24, 2.45) is 5.92 Å². The zero-order valence-corrected chi connectivity index (χ0v) is 11.1. The van der Waals surface area contributed by atoms with E-state index in [9.17, 15) is 0 Å². The maximum atomic E-state index is 5.75. The van der Waals surface area contributed by atoms with Gasteiger partial charge in [0, 0.05) is 12.6 Å². The smallest absolute Gasteiger partial charge is 0.0612 e. The average Bonchev–Trinajstić information content (AvgIpc) is 2.25. The second kappa shape index (κ2) is 7.53. The molecule has 1 rings (SSSR count). The van der Waals surface area contributed by atoms with Crippen molar-refractivity contribution in [2.75, 3.05) is 25.2 Å². The number of nitrogens with one attached hydrogen (secondary N) is 1. The van der Waals surface area contributed by atoms with Crippen molar-refractivity contribution in [3.63, 3.8) is 0 Å². The molecule has 1 aliphatic heterocycles. The fraction of sp³-hybridized carbons (Fsp3) is 1.00. The van der Waals surface area contributed by atoms with E-state index in [0.29, 0.717) is 18.1 Å². The lowest BCUT2D eigenvalue weighted by molar-refractivity contribution is -0.0242. The molecular formula is C12H25NOS. The monoisotopic (exact) mass is 231 g/mol. The molecule has 2 unspecified atom stereocenters. The Balaban J connectivity index is 2.13. The number of thioether (sulfide) groups is 1. The topological polar surface area (TPSA) is 21.3 Å². The van der Waals surface area contributed by atoms with Crippen LogP contribution >= 0.6 is 11.8 Å². The highest BCUT2D eigenvalue weighted by Crippen LogP contribution is 2.20. The van der Waals surface area contributed by atoms with Gasteiger partial charge in [0.1, 0.15) is 0 Å². The van der Waals surface area contributed by atoms with Gasteiger partial charge >= 0.3 is 0 Å². The minimum absolute atomic E-state index is 0.469. The lowest BCUT2D eigenvalue weighted by atomic mass is 9.95. The van der Waals surface area contributed by atoms with Gasteiger partial charge in [-0.25, -0.2) is 0 Å². The van der Waals surface area contributed by atoms with E-state index >= 15 is 0 Å². The molecule has 90 valence electrons. The van der Waals surface area contributed by atoms with Gasteiger partial charge in [0.15, 0.2) is 0 Å². The van der Waals surface area contributed by atoms with E-state index in [0.717, 1.165) is 13.2 Å². The molecule has 0 aromatic rings. The van der Waals surface area contributed by atoms with Crippen LogP contribution in [-0.4, -0.2) is 37.3 Å². The fourth-order valence-corrected chi connectivity index (χ4v) is 2.43. The van der Waals surface area contributed by atoms with E-state index in [1.165, 1.54) is 25.0 Å². The molecule has 0 aromatic carbocycles. The quantitative estimate of drug-likeness (QED) is 0.710. The van der Waals surface area contributed by atoms with Crippen molar-refractivity contribution >= 4 is 11.8 Å². The van der Waals surface area contributed by atoms with Crippen LogP contribution in [0.5, 0.6) is 0 Å². The Morgan fingerprint density at radius 1 is 1.47 bits per heavy atom. The van der Waals surface area contributed by atoms with Crippen molar-refractivity contribution in [3.05, 3.63) is 0 Å². The summed E-state index contributed by atoms with van der Waals surface area (Å²) in [5.74, 6) is 1.92. The third-order valence-electron chi connectivity index (χ3n) is 3.02. The first-order valence-electron chi connectivity index (χ1n) is 6.08. The van der Waals surface area contributed by atoms with Gasteiger partial charge in [0.25, 0.3) is 0 Å². The molecule has 0 radical (unpaired) electrons. The first kappa shape index (κ1) is 13.3. The summed E-state index contributed by atoms with van der Waals surface area (Å²) in [6.45, 7) is 6.60. The molecule has 0 aromatic heterocycles. The molecule has 0 aliphatic carbocycles. The second-order valence-electron chi connectivity index (χ2n) is 4.68. The van der Waals surface area contributed by atoms with E-state index in [-0.39, 0.29) is 0 Å². The molecule has 1 fully saturated rings. The van der Waals surface area contributed by atoms with Crippen LogP contribution < -0.4 is 5.32 Å². The zero-order valence-electron chi connectivity index (χ0n) is 10.3. The Morgan fingerprint density at radius 2 is 2.27 bits per heavy atom. The Hall–Kier alpha value is 0.270. The number of ether oxygens (including phenoxy) is 1. The largest absolute Gasteiger partial charge is 0.378 e. The molecule has 1 saturated heterocycles. The van der Waals surface area contributed by atoms with Crippen LogP contribution in [0.4, 0.5) is 0 Å². The van der Waals surface area contributed by atoms with Crippen molar-refractivity contribution in [1.29, 1.82) is 0 Å². The minimum Gasteiger partial charge on any atom is -0.378 e. The Morgan fingerprint density at radius 3 is 2.93 bits per heavy atom. The van der Waals surface area contributed by atoms with Gasteiger partial charge in [0.2, 0.25) is 0 Å². The highest BCUT2D eigenvalue weighted by atomic mass is 32.2. The molecule has 2 nitrogen and oxygen atoms in total. The predicted molar refractivity (Wildman–Crippen MR) is 68.6 cm³/mol. The zero-order chi connectivity index (χ0) is 11.1. The van der Waals surface area contributed by atoms with E-state index < -0.39 is 0 Å². The van der Waals surface area contributed by atoms with E-state index in [4.69, 9.17) is 4.74 Å². The molecule has 0 saturated carbocycles. The standard InChI is InChI=1S/C12H25NOS/c1-10(2)12-9-11(5-7-14-12)13-6-4-8-15-3/h10-13H,4-9H2,1-3H3. The Kier molecular flexibility index (Phi) is 6.69. The van der Waals surface area contributed by atoms with Crippen molar-refractivity contribution in [2.45, 2.75) is 45.3 Å². The summed E-state index contributed by atoms with van der Waals surface area (Å²) in [5.41, 5.74) is 0. The van der Waals surface area contributed by atoms with E-state index in [2.05, 4.69) is 25.4 Å². The number of hydrogen-bond donors (Lipinski definition) is 1.